The topological polar surface area (TPSA) is 70.1 Å². The zero-order valence-electron chi connectivity index (χ0n) is 8.77. The maximum absolute atomic E-state index is 9.12. The smallest absolute Gasteiger partial charge is 0.141 e. The first-order valence-corrected chi connectivity index (χ1v) is 4.83. The number of aromatic nitrogens is 1. The molecule has 2 aromatic rings. The lowest BCUT2D eigenvalue weighted by Gasteiger charge is -2.00. The van der Waals surface area contributed by atoms with E-state index >= 15 is 0 Å². The molecule has 1 aromatic carbocycles. The molecular weight excluding hydrogens is 204 g/mol. The number of rotatable bonds is 2. The third-order valence-corrected chi connectivity index (χ3v) is 2.39. The van der Waals surface area contributed by atoms with E-state index in [2.05, 4.69) is 11.2 Å². The molecule has 0 aliphatic carbocycles. The van der Waals surface area contributed by atoms with Gasteiger partial charge < -0.3 is 9.63 Å². The minimum absolute atomic E-state index is 0.160. The van der Waals surface area contributed by atoms with Gasteiger partial charge in [0.1, 0.15) is 11.5 Å². The average molecular weight is 214 g/mol. The quantitative estimate of drug-likeness (QED) is 0.830. The van der Waals surface area contributed by atoms with Gasteiger partial charge in [-0.25, -0.2) is 0 Å². The van der Waals surface area contributed by atoms with Gasteiger partial charge in [0.2, 0.25) is 0 Å². The SMILES string of the molecule is Cc1onc(CO)c1-c1ccc(C#N)cc1. The summed E-state index contributed by atoms with van der Waals surface area (Å²) in [7, 11) is 0. The Bertz CT molecular complexity index is 535. The molecule has 0 saturated heterocycles. The van der Waals surface area contributed by atoms with E-state index in [1.54, 1.807) is 19.1 Å². The lowest BCUT2D eigenvalue weighted by Crippen LogP contribution is -1.88. The number of nitrogens with zero attached hydrogens (tertiary/aromatic N) is 2. The Kier molecular flexibility index (Phi) is 2.71. The molecule has 0 spiro atoms. The van der Waals surface area contributed by atoms with Crippen LogP contribution in [0, 0.1) is 18.3 Å². The number of aliphatic hydroxyl groups excluding tert-OH is 1. The van der Waals surface area contributed by atoms with Crippen LogP contribution in [0.25, 0.3) is 11.1 Å². The lowest BCUT2D eigenvalue weighted by molar-refractivity contribution is 0.266. The Morgan fingerprint density at radius 2 is 2.06 bits per heavy atom. The molecule has 1 heterocycles. The summed E-state index contributed by atoms with van der Waals surface area (Å²) in [6.07, 6.45) is 0. The van der Waals surface area contributed by atoms with Gasteiger partial charge in [-0.15, -0.1) is 0 Å². The van der Waals surface area contributed by atoms with E-state index in [-0.39, 0.29) is 6.61 Å². The van der Waals surface area contributed by atoms with Crippen LogP contribution >= 0.6 is 0 Å². The normalized spacial score (nSPS) is 10.1. The fourth-order valence-electron chi connectivity index (χ4n) is 1.61. The maximum Gasteiger partial charge on any atom is 0.141 e. The zero-order chi connectivity index (χ0) is 11.5. The van der Waals surface area contributed by atoms with Crippen LogP contribution in [0.15, 0.2) is 28.8 Å². The molecule has 0 unspecified atom stereocenters. The summed E-state index contributed by atoms with van der Waals surface area (Å²) in [5.41, 5.74) is 2.81. The van der Waals surface area contributed by atoms with Crippen molar-refractivity contribution in [2.45, 2.75) is 13.5 Å². The number of hydrogen-bond acceptors (Lipinski definition) is 4. The maximum atomic E-state index is 9.12. The van der Waals surface area contributed by atoms with E-state index in [4.69, 9.17) is 14.9 Å². The van der Waals surface area contributed by atoms with Crippen molar-refractivity contribution >= 4 is 0 Å². The minimum atomic E-state index is -0.160. The standard InChI is InChI=1S/C12H10N2O2/c1-8-12(11(7-15)14-16-8)10-4-2-9(6-13)3-5-10/h2-5,15H,7H2,1H3. The van der Waals surface area contributed by atoms with Crippen molar-refractivity contribution in [1.82, 2.24) is 5.16 Å². The molecule has 16 heavy (non-hydrogen) atoms. The molecule has 1 aromatic heterocycles. The predicted octanol–water partition coefficient (Wildman–Crippen LogP) is 2.01. The van der Waals surface area contributed by atoms with E-state index in [1.165, 1.54) is 0 Å². The Morgan fingerprint density at radius 1 is 1.38 bits per heavy atom. The number of benzene rings is 1. The van der Waals surface area contributed by atoms with Gasteiger partial charge in [-0.2, -0.15) is 5.26 Å². The Morgan fingerprint density at radius 3 is 2.62 bits per heavy atom. The molecule has 1 N–H and O–H groups in total. The van der Waals surface area contributed by atoms with Crippen LogP contribution in [-0.4, -0.2) is 10.3 Å². The number of aliphatic hydroxyl groups is 1. The highest BCUT2D eigenvalue weighted by Gasteiger charge is 2.13. The zero-order valence-corrected chi connectivity index (χ0v) is 8.77. The predicted molar refractivity (Wildman–Crippen MR) is 57.3 cm³/mol. The van der Waals surface area contributed by atoms with Crippen LogP contribution in [0.3, 0.4) is 0 Å². The van der Waals surface area contributed by atoms with Gasteiger partial charge in [0.25, 0.3) is 0 Å². The van der Waals surface area contributed by atoms with Gasteiger partial charge in [-0.3, -0.25) is 0 Å². The molecule has 0 aliphatic heterocycles. The van der Waals surface area contributed by atoms with Crippen molar-refractivity contribution in [3.63, 3.8) is 0 Å². The fourth-order valence-corrected chi connectivity index (χ4v) is 1.61. The van der Waals surface area contributed by atoms with E-state index in [9.17, 15) is 0 Å². The molecule has 2 rings (SSSR count). The van der Waals surface area contributed by atoms with Crippen LogP contribution in [0.1, 0.15) is 17.0 Å². The van der Waals surface area contributed by atoms with Crippen molar-refractivity contribution in [2.75, 3.05) is 0 Å². The van der Waals surface area contributed by atoms with Gasteiger partial charge >= 0.3 is 0 Å². The highest BCUT2D eigenvalue weighted by molar-refractivity contribution is 5.68. The summed E-state index contributed by atoms with van der Waals surface area (Å²) in [5, 5.41) is 21.6. The monoisotopic (exact) mass is 214 g/mol. The highest BCUT2D eigenvalue weighted by Crippen LogP contribution is 2.27. The lowest BCUT2D eigenvalue weighted by atomic mass is 10.0. The molecule has 0 atom stereocenters. The van der Waals surface area contributed by atoms with Crippen molar-refractivity contribution in [3.8, 4) is 17.2 Å². The molecular formula is C12H10N2O2. The van der Waals surface area contributed by atoms with E-state index < -0.39 is 0 Å². The Labute approximate surface area is 92.7 Å². The second-order valence-corrected chi connectivity index (χ2v) is 3.41. The van der Waals surface area contributed by atoms with Crippen LogP contribution in [0.5, 0.6) is 0 Å². The second-order valence-electron chi connectivity index (χ2n) is 3.41. The van der Waals surface area contributed by atoms with Crippen LogP contribution < -0.4 is 0 Å². The van der Waals surface area contributed by atoms with Crippen molar-refractivity contribution in [2.24, 2.45) is 0 Å². The summed E-state index contributed by atoms with van der Waals surface area (Å²) >= 11 is 0. The molecule has 4 heteroatoms. The second kappa shape index (κ2) is 4.17. The van der Waals surface area contributed by atoms with Crippen LogP contribution in [-0.2, 0) is 6.61 Å². The van der Waals surface area contributed by atoms with Crippen LogP contribution in [0.4, 0.5) is 0 Å². The van der Waals surface area contributed by atoms with Gasteiger partial charge in [0.05, 0.1) is 18.2 Å². The van der Waals surface area contributed by atoms with Crippen molar-refractivity contribution < 1.29 is 9.63 Å². The van der Waals surface area contributed by atoms with Gasteiger partial charge in [-0.1, -0.05) is 17.3 Å². The average Bonchev–Trinajstić information content (AvgIpc) is 2.70. The first-order valence-electron chi connectivity index (χ1n) is 4.83. The van der Waals surface area contributed by atoms with Crippen molar-refractivity contribution in [3.05, 3.63) is 41.3 Å². The van der Waals surface area contributed by atoms with E-state index in [0.29, 0.717) is 17.0 Å². The summed E-state index contributed by atoms with van der Waals surface area (Å²) in [4.78, 5) is 0. The molecule has 0 fully saturated rings. The first-order chi connectivity index (χ1) is 7.76. The number of aryl methyl sites for hydroxylation is 1. The first kappa shape index (κ1) is 10.4. The molecule has 4 nitrogen and oxygen atoms in total. The van der Waals surface area contributed by atoms with Crippen LogP contribution in [0.2, 0.25) is 0 Å². The molecule has 0 bridgehead atoms. The molecule has 0 radical (unpaired) electrons. The molecule has 0 amide bonds. The Balaban J connectivity index is 2.50. The minimum Gasteiger partial charge on any atom is -0.390 e. The number of nitriles is 1. The third kappa shape index (κ3) is 1.69. The van der Waals surface area contributed by atoms with Crippen molar-refractivity contribution in [1.29, 1.82) is 5.26 Å². The van der Waals surface area contributed by atoms with Gasteiger partial charge in [0, 0.05) is 5.56 Å². The Hall–Kier alpha value is -2.12. The molecule has 80 valence electrons. The third-order valence-electron chi connectivity index (χ3n) is 2.39. The number of hydrogen-bond donors (Lipinski definition) is 1. The van der Waals surface area contributed by atoms with E-state index in [1.807, 2.05) is 12.1 Å². The largest absolute Gasteiger partial charge is 0.390 e. The summed E-state index contributed by atoms with van der Waals surface area (Å²) < 4.78 is 5.02. The van der Waals surface area contributed by atoms with Gasteiger partial charge in [0.15, 0.2) is 0 Å². The molecule has 0 saturated carbocycles. The highest BCUT2D eigenvalue weighted by atomic mass is 16.5. The summed E-state index contributed by atoms with van der Waals surface area (Å²) in [6, 6.07) is 9.14. The fraction of sp³-hybridized carbons (Fsp3) is 0.167. The van der Waals surface area contributed by atoms with E-state index in [0.717, 1.165) is 11.1 Å². The van der Waals surface area contributed by atoms with Gasteiger partial charge in [-0.05, 0) is 24.6 Å². The molecule has 0 aliphatic rings. The summed E-state index contributed by atoms with van der Waals surface area (Å²) in [6.45, 7) is 1.63. The summed E-state index contributed by atoms with van der Waals surface area (Å²) in [5.74, 6) is 0.661.